The van der Waals surface area contributed by atoms with Gasteiger partial charge in [0.25, 0.3) is 10.0 Å². The monoisotopic (exact) mass is 292 g/mol. The van der Waals surface area contributed by atoms with Crippen LogP contribution in [0.1, 0.15) is 17.0 Å². The van der Waals surface area contributed by atoms with Gasteiger partial charge in [-0.05, 0) is 17.5 Å². The Hall–Kier alpha value is -1.86. The first-order valence-corrected chi connectivity index (χ1v) is 7.81. The molecular formula is C13H16N4O2S. The van der Waals surface area contributed by atoms with Crippen molar-refractivity contribution in [3.63, 3.8) is 0 Å². The molecule has 1 aliphatic carbocycles. The molecule has 1 aromatic carbocycles. The fourth-order valence-electron chi connectivity index (χ4n) is 2.59. The first-order valence-electron chi connectivity index (χ1n) is 6.33. The molecular weight excluding hydrogens is 276 g/mol. The molecule has 0 bridgehead atoms. The quantitative estimate of drug-likeness (QED) is 0.864. The third-order valence-electron chi connectivity index (χ3n) is 3.65. The van der Waals surface area contributed by atoms with Crippen LogP contribution in [0.3, 0.4) is 0 Å². The molecule has 1 aliphatic rings. The largest absolute Gasteiger partial charge is 0.381 e. The smallest absolute Gasteiger partial charge is 0.260 e. The van der Waals surface area contributed by atoms with Gasteiger partial charge in [0.15, 0.2) is 10.8 Å². The average molecular weight is 292 g/mol. The van der Waals surface area contributed by atoms with Crippen LogP contribution in [0.5, 0.6) is 0 Å². The highest BCUT2D eigenvalue weighted by Crippen LogP contribution is 2.34. The Labute approximate surface area is 117 Å². The number of sulfonamides is 1. The molecule has 20 heavy (non-hydrogen) atoms. The molecule has 0 radical (unpaired) electrons. The Balaban J connectivity index is 1.74. The van der Waals surface area contributed by atoms with E-state index in [4.69, 9.17) is 5.73 Å². The molecule has 1 atom stereocenters. The number of anilines is 1. The van der Waals surface area contributed by atoms with Gasteiger partial charge in [0.2, 0.25) is 0 Å². The lowest BCUT2D eigenvalue weighted by atomic mass is 9.78. The van der Waals surface area contributed by atoms with E-state index in [2.05, 4.69) is 15.8 Å². The number of benzene rings is 1. The standard InChI is InChI=1S/C13H16N4O2S/c1-17-8-15-12(14)13(17)20(18,19)16-7-10-6-9-4-2-3-5-11(9)10/h2-5,8,10,16H,6-7,14H2,1H3. The number of nitrogen functional groups attached to an aromatic ring is 1. The molecule has 3 N–H and O–H groups in total. The minimum Gasteiger partial charge on any atom is -0.381 e. The highest BCUT2D eigenvalue weighted by atomic mass is 32.2. The Kier molecular flexibility index (Phi) is 3.02. The van der Waals surface area contributed by atoms with E-state index in [0.29, 0.717) is 6.54 Å². The van der Waals surface area contributed by atoms with E-state index in [1.807, 2.05) is 18.2 Å². The summed E-state index contributed by atoms with van der Waals surface area (Å²) in [5.41, 5.74) is 8.11. The molecule has 7 heteroatoms. The van der Waals surface area contributed by atoms with E-state index in [9.17, 15) is 8.42 Å². The summed E-state index contributed by atoms with van der Waals surface area (Å²) in [6.07, 6.45) is 2.29. The third kappa shape index (κ3) is 2.08. The van der Waals surface area contributed by atoms with Crippen LogP contribution >= 0.6 is 0 Å². The number of rotatable bonds is 4. The molecule has 3 rings (SSSR count). The van der Waals surface area contributed by atoms with Crippen molar-refractivity contribution in [2.75, 3.05) is 12.3 Å². The van der Waals surface area contributed by atoms with E-state index >= 15 is 0 Å². The van der Waals surface area contributed by atoms with Crippen molar-refractivity contribution < 1.29 is 8.42 Å². The van der Waals surface area contributed by atoms with Crippen molar-refractivity contribution in [1.82, 2.24) is 14.3 Å². The topological polar surface area (TPSA) is 90.0 Å². The van der Waals surface area contributed by atoms with Crippen molar-refractivity contribution in [2.24, 2.45) is 7.05 Å². The zero-order chi connectivity index (χ0) is 14.3. The summed E-state index contributed by atoms with van der Waals surface area (Å²) < 4.78 is 28.5. The van der Waals surface area contributed by atoms with Crippen molar-refractivity contribution in [3.05, 3.63) is 41.7 Å². The van der Waals surface area contributed by atoms with Gasteiger partial charge in [0.1, 0.15) is 0 Å². The summed E-state index contributed by atoms with van der Waals surface area (Å²) in [4.78, 5) is 3.80. The third-order valence-corrected chi connectivity index (χ3v) is 5.20. The summed E-state index contributed by atoms with van der Waals surface area (Å²) in [6, 6.07) is 8.07. The molecule has 0 spiro atoms. The van der Waals surface area contributed by atoms with Crippen molar-refractivity contribution >= 4 is 15.8 Å². The Morgan fingerprint density at radius 3 is 2.85 bits per heavy atom. The lowest BCUT2D eigenvalue weighted by Crippen LogP contribution is -2.34. The van der Waals surface area contributed by atoms with Crippen LogP contribution in [-0.2, 0) is 23.5 Å². The second kappa shape index (κ2) is 4.60. The minimum absolute atomic E-state index is 0.0186. The summed E-state index contributed by atoms with van der Waals surface area (Å²) >= 11 is 0. The van der Waals surface area contributed by atoms with Crippen LogP contribution in [-0.4, -0.2) is 24.5 Å². The predicted octanol–water partition coefficient (Wildman–Crippen LogP) is 0.621. The number of aryl methyl sites for hydroxylation is 1. The molecule has 1 aromatic heterocycles. The van der Waals surface area contributed by atoms with Gasteiger partial charge in [0, 0.05) is 19.5 Å². The molecule has 0 amide bonds. The van der Waals surface area contributed by atoms with Gasteiger partial charge < -0.3 is 10.3 Å². The second-order valence-corrected chi connectivity index (χ2v) is 6.68. The molecule has 0 saturated heterocycles. The zero-order valence-electron chi connectivity index (χ0n) is 11.1. The number of nitrogens with zero attached hydrogens (tertiary/aromatic N) is 2. The number of hydrogen-bond acceptors (Lipinski definition) is 4. The maximum atomic E-state index is 12.2. The second-order valence-electron chi connectivity index (χ2n) is 5.00. The SMILES string of the molecule is Cn1cnc(N)c1S(=O)(=O)NCC1Cc2ccccc21. The summed E-state index contributed by atoms with van der Waals surface area (Å²) in [5, 5.41) is 0.0186. The zero-order valence-corrected chi connectivity index (χ0v) is 11.9. The van der Waals surface area contributed by atoms with Crippen LogP contribution in [0.2, 0.25) is 0 Å². The fourth-order valence-corrected chi connectivity index (χ4v) is 3.90. The van der Waals surface area contributed by atoms with Crippen LogP contribution in [0.4, 0.5) is 5.82 Å². The van der Waals surface area contributed by atoms with E-state index in [1.165, 1.54) is 22.0 Å². The highest BCUT2D eigenvalue weighted by molar-refractivity contribution is 7.89. The number of aromatic nitrogens is 2. The van der Waals surface area contributed by atoms with Gasteiger partial charge in [-0.25, -0.2) is 18.1 Å². The van der Waals surface area contributed by atoms with Gasteiger partial charge in [-0.1, -0.05) is 24.3 Å². The Morgan fingerprint density at radius 1 is 1.45 bits per heavy atom. The molecule has 6 nitrogen and oxygen atoms in total. The molecule has 2 aromatic rings. The number of nitrogens with one attached hydrogen (secondary N) is 1. The molecule has 1 unspecified atom stereocenters. The number of fused-ring (bicyclic) bond motifs is 1. The minimum atomic E-state index is -3.63. The van der Waals surface area contributed by atoms with Crippen molar-refractivity contribution in [3.8, 4) is 0 Å². The van der Waals surface area contributed by atoms with Crippen LogP contribution < -0.4 is 10.5 Å². The maximum absolute atomic E-state index is 12.2. The summed E-state index contributed by atoms with van der Waals surface area (Å²) in [5.74, 6) is 0.254. The number of hydrogen-bond donors (Lipinski definition) is 2. The Bertz CT molecular complexity index is 732. The van der Waals surface area contributed by atoms with Gasteiger partial charge >= 0.3 is 0 Å². The van der Waals surface area contributed by atoms with E-state index in [0.717, 1.165) is 6.42 Å². The van der Waals surface area contributed by atoms with E-state index in [1.54, 1.807) is 7.05 Å². The van der Waals surface area contributed by atoms with E-state index < -0.39 is 10.0 Å². The van der Waals surface area contributed by atoms with Crippen LogP contribution in [0.15, 0.2) is 35.6 Å². The van der Waals surface area contributed by atoms with Crippen molar-refractivity contribution in [2.45, 2.75) is 17.4 Å². The lowest BCUT2D eigenvalue weighted by Gasteiger charge is -2.30. The number of nitrogens with two attached hydrogens (primary N) is 1. The van der Waals surface area contributed by atoms with Gasteiger partial charge in [-0.3, -0.25) is 0 Å². The first kappa shape index (κ1) is 13.1. The lowest BCUT2D eigenvalue weighted by molar-refractivity contribution is 0.545. The van der Waals surface area contributed by atoms with Crippen LogP contribution in [0, 0.1) is 0 Å². The fraction of sp³-hybridized carbons (Fsp3) is 0.308. The van der Waals surface area contributed by atoms with E-state index in [-0.39, 0.29) is 16.8 Å². The highest BCUT2D eigenvalue weighted by Gasteiger charge is 2.28. The van der Waals surface area contributed by atoms with Gasteiger partial charge in [-0.15, -0.1) is 0 Å². The summed E-state index contributed by atoms with van der Waals surface area (Å²) in [6.45, 7) is 0.379. The molecule has 1 heterocycles. The molecule has 0 fully saturated rings. The van der Waals surface area contributed by atoms with Crippen LogP contribution in [0.25, 0.3) is 0 Å². The Morgan fingerprint density at radius 2 is 2.20 bits per heavy atom. The van der Waals surface area contributed by atoms with Gasteiger partial charge in [-0.2, -0.15) is 0 Å². The first-order chi connectivity index (χ1) is 9.49. The molecule has 106 valence electrons. The maximum Gasteiger partial charge on any atom is 0.260 e. The summed E-state index contributed by atoms with van der Waals surface area (Å²) in [7, 11) is -2.02. The van der Waals surface area contributed by atoms with Crippen molar-refractivity contribution in [1.29, 1.82) is 0 Å². The normalized spacial score (nSPS) is 17.6. The predicted molar refractivity (Wildman–Crippen MR) is 75.7 cm³/mol. The average Bonchev–Trinajstić information content (AvgIpc) is 2.70. The molecule has 0 saturated carbocycles. The molecule has 0 aliphatic heterocycles. The number of imidazole rings is 1. The van der Waals surface area contributed by atoms with Gasteiger partial charge in [0.05, 0.1) is 6.33 Å².